The van der Waals surface area contributed by atoms with Gasteiger partial charge in [0.2, 0.25) is 0 Å². The highest BCUT2D eigenvalue weighted by Crippen LogP contribution is 2.42. The zero-order chi connectivity index (χ0) is 18.1. The molecule has 0 spiro atoms. The van der Waals surface area contributed by atoms with Crippen molar-refractivity contribution in [3.8, 4) is 21.7 Å². The Morgan fingerprint density at radius 2 is 1.85 bits per heavy atom. The first kappa shape index (κ1) is 17.0. The Kier molecular flexibility index (Phi) is 4.60. The number of thiazole rings is 1. The molecule has 1 aliphatic rings. The first-order valence-corrected chi connectivity index (χ1v) is 9.78. The lowest BCUT2D eigenvalue weighted by atomic mass is 10.0. The van der Waals surface area contributed by atoms with Crippen molar-refractivity contribution in [2.24, 2.45) is 11.8 Å². The normalized spacial score (nSPS) is 18.7. The van der Waals surface area contributed by atoms with Crippen molar-refractivity contribution in [3.05, 3.63) is 65.2 Å². The third-order valence-corrected chi connectivity index (χ3v) is 6.06. The topological polar surface area (TPSA) is 50.2 Å². The molecule has 4 rings (SSSR count). The van der Waals surface area contributed by atoms with Gasteiger partial charge in [-0.05, 0) is 43.2 Å². The lowest BCUT2D eigenvalue weighted by molar-refractivity contribution is -0.138. The Morgan fingerprint density at radius 3 is 2.50 bits per heavy atom. The Balaban J connectivity index is 1.50. The van der Waals surface area contributed by atoms with Gasteiger partial charge in [0, 0.05) is 5.56 Å². The van der Waals surface area contributed by atoms with Gasteiger partial charge in [-0.25, -0.2) is 4.98 Å². The molecule has 3 aromatic rings. The Labute approximate surface area is 157 Å². The SMILES string of the molecule is Cc1nc(-c2ccccc2)c(-c2ccc(CCC3C[C@@H]3C(=O)O)cc2)s1. The number of nitrogens with zero attached hydrogens (tertiary/aromatic N) is 1. The molecular weight excluding hydrogens is 342 g/mol. The summed E-state index contributed by atoms with van der Waals surface area (Å²) in [6.07, 6.45) is 2.75. The second-order valence-electron chi connectivity index (χ2n) is 6.95. The third-order valence-electron chi connectivity index (χ3n) is 5.04. The van der Waals surface area contributed by atoms with E-state index in [1.807, 2.05) is 25.1 Å². The van der Waals surface area contributed by atoms with Gasteiger partial charge in [0.25, 0.3) is 0 Å². The highest BCUT2D eigenvalue weighted by molar-refractivity contribution is 7.15. The van der Waals surface area contributed by atoms with E-state index in [1.54, 1.807) is 11.3 Å². The molecule has 1 saturated carbocycles. The summed E-state index contributed by atoms with van der Waals surface area (Å²) in [5.41, 5.74) is 4.65. The van der Waals surface area contributed by atoms with Gasteiger partial charge >= 0.3 is 5.97 Å². The summed E-state index contributed by atoms with van der Waals surface area (Å²) in [6, 6.07) is 19.0. The predicted molar refractivity (Wildman–Crippen MR) is 105 cm³/mol. The van der Waals surface area contributed by atoms with Crippen LogP contribution >= 0.6 is 11.3 Å². The van der Waals surface area contributed by atoms with Crippen molar-refractivity contribution in [1.29, 1.82) is 0 Å². The van der Waals surface area contributed by atoms with Crippen molar-refractivity contribution in [3.63, 3.8) is 0 Å². The summed E-state index contributed by atoms with van der Waals surface area (Å²) in [7, 11) is 0. The minimum Gasteiger partial charge on any atom is -0.481 e. The summed E-state index contributed by atoms with van der Waals surface area (Å²) >= 11 is 1.72. The number of aromatic nitrogens is 1. The maximum Gasteiger partial charge on any atom is 0.306 e. The number of carbonyl (C=O) groups is 1. The molecule has 1 heterocycles. The fourth-order valence-corrected chi connectivity index (χ4v) is 4.40. The van der Waals surface area contributed by atoms with Crippen LogP contribution in [0.15, 0.2) is 54.6 Å². The summed E-state index contributed by atoms with van der Waals surface area (Å²) < 4.78 is 0. The predicted octanol–water partition coefficient (Wildman–Crippen LogP) is 5.44. The Bertz CT molecular complexity index is 915. The first-order chi connectivity index (χ1) is 12.6. The molecule has 0 radical (unpaired) electrons. The van der Waals surface area contributed by atoms with Crippen LogP contribution in [-0.2, 0) is 11.2 Å². The average Bonchev–Trinajstić information content (AvgIpc) is 3.35. The third kappa shape index (κ3) is 3.56. The molecule has 0 amide bonds. The zero-order valence-corrected chi connectivity index (χ0v) is 15.5. The van der Waals surface area contributed by atoms with E-state index in [1.165, 1.54) is 16.0 Å². The van der Waals surface area contributed by atoms with E-state index in [9.17, 15) is 4.79 Å². The molecule has 1 aliphatic carbocycles. The fourth-order valence-electron chi connectivity index (χ4n) is 3.46. The van der Waals surface area contributed by atoms with Crippen LogP contribution < -0.4 is 0 Å². The summed E-state index contributed by atoms with van der Waals surface area (Å²) in [5.74, 6) is -0.386. The molecule has 132 valence electrons. The van der Waals surface area contributed by atoms with E-state index >= 15 is 0 Å². The van der Waals surface area contributed by atoms with E-state index in [0.717, 1.165) is 35.5 Å². The fraction of sp³-hybridized carbons (Fsp3) is 0.273. The molecular formula is C22H21NO2S. The highest BCUT2D eigenvalue weighted by Gasteiger charge is 2.42. The number of hydrogen-bond donors (Lipinski definition) is 1. The van der Waals surface area contributed by atoms with Crippen LogP contribution in [0.25, 0.3) is 21.7 Å². The standard InChI is InChI=1S/C22H21NO2S/c1-14-23-20(16-5-3-2-4-6-16)21(26-14)17-10-7-15(8-11-17)9-12-18-13-19(18)22(24)25/h2-8,10-11,18-19H,9,12-13H2,1H3,(H,24,25)/t18?,19-/m0/s1. The van der Waals surface area contributed by atoms with E-state index < -0.39 is 5.97 Å². The lowest BCUT2D eigenvalue weighted by Gasteiger charge is -2.05. The molecule has 1 unspecified atom stereocenters. The van der Waals surface area contributed by atoms with Crippen molar-refractivity contribution in [1.82, 2.24) is 4.98 Å². The van der Waals surface area contributed by atoms with Crippen LogP contribution in [0.3, 0.4) is 0 Å². The van der Waals surface area contributed by atoms with Gasteiger partial charge in [0.05, 0.1) is 21.5 Å². The smallest absolute Gasteiger partial charge is 0.306 e. The van der Waals surface area contributed by atoms with E-state index in [2.05, 4.69) is 36.4 Å². The number of carboxylic acids is 1. The summed E-state index contributed by atoms with van der Waals surface area (Å²) in [5, 5.41) is 10.1. The van der Waals surface area contributed by atoms with Crippen molar-refractivity contribution >= 4 is 17.3 Å². The highest BCUT2D eigenvalue weighted by atomic mass is 32.1. The van der Waals surface area contributed by atoms with Crippen LogP contribution in [0.5, 0.6) is 0 Å². The minimum atomic E-state index is -0.639. The van der Waals surface area contributed by atoms with Crippen LogP contribution in [0.1, 0.15) is 23.4 Å². The molecule has 2 atom stereocenters. The van der Waals surface area contributed by atoms with Crippen LogP contribution in [0.4, 0.5) is 0 Å². The van der Waals surface area contributed by atoms with E-state index in [0.29, 0.717) is 5.92 Å². The summed E-state index contributed by atoms with van der Waals surface area (Å²) in [6.45, 7) is 2.05. The second kappa shape index (κ2) is 7.04. The second-order valence-corrected chi connectivity index (χ2v) is 8.16. The number of benzene rings is 2. The number of rotatable bonds is 6. The van der Waals surface area contributed by atoms with Gasteiger partial charge in [0.15, 0.2) is 0 Å². The van der Waals surface area contributed by atoms with Crippen LogP contribution in [0.2, 0.25) is 0 Å². The van der Waals surface area contributed by atoms with Gasteiger partial charge in [-0.3, -0.25) is 4.79 Å². The number of carboxylic acid groups (broad SMARTS) is 1. The molecule has 1 aromatic heterocycles. The van der Waals surface area contributed by atoms with Gasteiger partial charge in [-0.2, -0.15) is 0 Å². The molecule has 1 fully saturated rings. The summed E-state index contributed by atoms with van der Waals surface area (Å²) in [4.78, 5) is 16.9. The van der Waals surface area contributed by atoms with Crippen molar-refractivity contribution < 1.29 is 9.90 Å². The van der Waals surface area contributed by atoms with Gasteiger partial charge in [-0.1, -0.05) is 54.6 Å². The number of aryl methyl sites for hydroxylation is 2. The number of hydrogen-bond acceptors (Lipinski definition) is 3. The van der Waals surface area contributed by atoms with Gasteiger partial charge < -0.3 is 5.11 Å². The van der Waals surface area contributed by atoms with Gasteiger partial charge in [-0.15, -0.1) is 11.3 Å². The molecule has 4 heteroatoms. The quantitative estimate of drug-likeness (QED) is 0.634. The molecule has 3 nitrogen and oxygen atoms in total. The minimum absolute atomic E-state index is 0.108. The maximum atomic E-state index is 10.9. The largest absolute Gasteiger partial charge is 0.481 e. The molecule has 0 bridgehead atoms. The molecule has 0 saturated heterocycles. The molecule has 26 heavy (non-hydrogen) atoms. The molecule has 1 N–H and O–H groups in total. The number of aliphatic carboxylic acids is 1. The average molecular weight is 363 g/mol. The van der Waals surface area contributed by atoms with Gasteiger partial charge in [0.1, 0.15) is 0 Å². The monoisotopic (exact) mass is 363 g/mol. The van der Waals surface area contributed by atoms with Crippen LogP contribution in [0, 0.1) is 18.8 Å². The van der Waals surface area contributed by atoms with Crippen molar-refractivity contribution in [2.75, 3.05) is 0 Å². The van der Waals surface area contributed by atoms with Crippen molar-refractivity contribution in [2.45, 2.75) is 26.2 Å². The zero-order valence-electron chi connectivity index (χ0n) is 14.7. The maximum absolute atomic E-state index is 10.9. The van der Waals surface area contributed by atoms with E-state index in [-0.39, 0.29) is 5.92 Å². The first-order valence-electron chi connectivity index (χ1n) is 8.97. The van der Waals surface area contributed by atoms with E-state index in [4.69, 9.17) is 10.1 Å². The Hall–Kier alpha value is -2.46. The molecule has 0 aliphatic heterocycles. The van der Waals surface area contributed by atoms with Crippen LogP contribution in [-0.4, -0.2) is 16.1 Å². The Morgan fingerprint density at radius 1 is 1.12 bits per heavy atom. The molecule has 2 aromatic carbocycles. The lowest BCUT2D eigenvalue weighted by Crippen LogP contribution is -2.00.